The molecule has 0 bridgehead atoms. The maximum Gasteiger partial charge on any atom is 0.268 e. The van der Waals surface area contributed by atoms with E-state index in [0.29, 0.717) is 18.3 Å². The van der Waals surface area contributed by atoms with Gasteiger partial charge < -0.3 is 10.3 Å². The molecule has 1 fully saturated rings. The Morgan fingerprint density at radius 3 is 2.71 bits per heavy atom. The molecule has 1 aromatic carbocycles. The first-order valence-corrected chi connectivity index (χ1v) is 9.68. The van der Waals surface area contributed by atoms with Gasteiger partial charge in [0.2, 0.25) is 0 Å². The summed E-state index contributed by atoms with van der Waals surface area (Å²) in [5.41, 5.74) is 7.78. The topological polar surface area (TPSA) is 82.8 Å². The van der Waals surface area contributed by atoms with Gasteiger partial charge in [0.25, 0.3) is 5.89 Å². The van der Waals surface area contributed by atoms with E-state index in [-0.39, 0.29) is 18.2 Å². The second-order valence-electron chi connectivity index (χ2n) is 7.13. The zero-order valence-corrected chi connectivity index (χ0v) is 16.8. The van der Waals surface area contributed by atoms with Crippen LogP contribution in [-0.2, 0) is 12.1 Å². The summed E-state index contributed by atoms with van der Waals surface area (Å²) in [7, 11) is 0. The predicted octanol–water partition coefficient (Wildman–Crippen LogP) is 4.40. The van der Waals surface area contributed by atoms with Crippen LogP contribution in [0.5, 0.6) is 0 Å². The average Bonchev–Trinajstić information content (AvgIpc) is 3.32. The molecule has 0 aliphatic heterocycles. The SMILES string of the molecule is Cc1nn(Cc2ccc(F)cc2)c2sc(-c3nc(C4(N)CCC4)no3)cc12.Cl. The van der Waals surface area contributed by atoms with Gasteiger partial charge in [-0.15, -0.1) is 23.7 Å². The van der Waals surface area contributed by atoms with E-state index in [1.165, 1.54) is 12.1 Å². The normalized spacial score (nSPS) is 15.4. The van der Waals surface area contributed by atoms with E-state index in [4.69, 9.17) is 10.3 Å². The quantitative estimate of drug-likeness (QED) is 0.530. The molecule has 0 unspecified atom stereocenters. The van der Waals surface area contributed by atoms with E-state index in [1.54, 1.807) is 23.5 Å². The van der Waals surface area contributed by atoms with Crippen LogP contribution in [0, 0.1) is 12.7 Å². The van der Waals surface area contributed by atoms with Crippen LogP contribution < -0.4 is 5.73 Å². The van der Waals surface area contributed by atoms with Crippen LogP contribution in [0.1, 0.15) is 36.3 Å². The number of halogens is 2. The Hall–Kier alpha value is -2.29. The maximum absolute atomic E-state index is 13.1. The van der Waals surface area contributed by atoms with Crippen LogP contribution in [0.25, 0.3) is 21.0 Å². The number of fused-ring (bicyclic) bond motifs is 1. The Kier molecular flexibility index (Phi) is 4.73. The lowest BCUT2D eigenvalue weighted by atomic mass is 9.77. The second kappa shape index (κ2) is 6.95. The number of hydrogen-bond acceptors (Lipinski definition) is 6. The summed E-state index contributed by atoms with van der Waals surface area (Å²) in [6, 6.07) is 8.51. The van der Waals surface area contributed by atoms with Crippen molar-refractivity contribution in [2.75, 3.05) is 0 Å². The molecule has 0 spiro atoms. The van der Waals surface area contributed by atoms with Crippen LogP contribution in [0.4, 0.5) is 4.39 Å². The summed E-state index contributed by atoms with van der Waals surface area (Å²) in [4.78, 5) is 6.47. The lowest BCUT2D eigenvalue weighted by Crippen LogP contribution is -2.44. The zero-order chi connectivity index (χ0) is 18.6. The highest BCUT2D eigenvalue weighted by Crippen LogP contribution is 2.39. The minimum Gasteiger partial charge on any atom is -0.333 e. The number of nitrogens with zero attached hydrogens (tertiary/aromatic N) is 4. The van der Waals surface area contributed by atoms with Crippen molar-refractivity contribution in [2.24, 2.45) is 5.73 Å². The van der Waals surface area contributed by atoms with Crippen LogP contribution in [-0.4, -0.2) is 19.9 Å². The fraction of sp³-hybridized carbons (Fsp3) is 0.316. The van der Waals surface area contributed by atoms with E-state index in [9.17, 15) is 4.39 Å². The minimum atomic E-state index is -0.437. The smallest absolute Gasteiger partial charge is 0.268 e. The fourth-order valence-electron chi connectivity index (χ4n) is 3.40. The summed E-state index contributed by atoms with van der Waals surface area (Å²) in [6.07, 6.45) is 2.88. The number of aryl methyl sites for hydroxylation is 1. The van der Waals surface area contributed by atoms with Crippen LogP contribution in [0.15, 0.2) is 34.9 Å². The molecule has 5 rings (SSSR count). The van der Waals surface area contributed by atoms with E-state index < -0.39 is 5.54 Å². The molecule has 146 valence electrons. The molecule has 6 nitrogen and oxygen atoms in total. The van der Waals surface area contributed by atoms with Gasteiger partial charge in [-0.2, -0.15) is 10.1 Å². The Bertz CT molecular complexity index is 1130. The number of benzene rings is 1. The van der Waals surface area contributed by atoms with Crippen molar-refractivity contribution in [3.8, 4) is 10.8 Å². The highest BCUT2D eigenvalue weighted by atomic mass is 35.5. The maximum atomic E-state index is 13.1. The highest BCUT2D eigenvalue weighted by molar-refractivity contribution is 7.21. The molecule has 0 radical (unpaired) electrons. The molecule has 1 saturated carbocycles. The molecule has 0 saturated heterocycles. The third-order valence-electron chi connectivity index (χ3n) is 5.18. The van der Waals surface area contributed by atoms with Crippen LogP contribution in [0.3, 0.4) is 0 Å². The van der Waals surface area contributed by atoms with Crippen LogP contribution in [0.2, 0.25) is 0 Å². The molecule has 3 heterocycles. The van der Waals surface area contributed by atoms with Crippen molar-refractivity contribution < 1.29 is 8.91 Å². The lowest BCUT2D eigenvalue weighted by molar-refractivity contribution is 0.229. The van der Waals surface area contributed by atoms with Gasteiger partial charge in [-0.1, -0.05) is 17.3 Å². The van der Waals surface area contributed by atoms with Crippen molar-refractivity contribution in [3.05, 3.63) is 53.2 Å². The predicted molar refractivity (Wildman–Crippen MR) is 108 cm³/mol. The van der Waals surface area contributed by atoms with Gasteiger partial charge in [0.1, 0.15) is 10.6 Å². The molecule has 0 amide bonds. The molecular formula is C19H19ClFN5OS. The fourth-order valence-corrected chi connectivity index (χ4v) is 4.48. The number of nitrogens with two attached hydrogens (primary N) is 1. The molecular weight excluding hydrogens is 401 g/mol. The van der Waals surface area contributed by atoms with Crippen LogP contribution >= 0.6 is 23.7 Å². The first-order valence-electron chi connectivity index (χ1n) is 8.87. The number of aromatic nitrogens is 4. The van der Waals surface area contributed by atoms with Gasteiger partial charge in [-0.25, -0.2) is 4.39 Å². The standard InChI is InChI=1S/C19H18FN5OS.ClH/c1-11-14-9-15(16-22-18(24-26-16)19(21)7-2-8-19)27-17(14)25(23-11)10-12-3-5-13(20)6-4-12;/h3-6,9H,2,7-8,10,21H2,1H3;1H. The van der Waals surface area contributed by atoms with E-state index in [1.807, 2.05) is 17.7 Å². The van der Waals surface area contributed by atoms with Crippen molar-refractivity contribution in [3.63, 3.8) is 0 Å². The van der Waals surface area contributed by atoms with Gasteiger partial charge in [0.05, 0.1) is 22.7 Å². The molecule has 1 aliphatic rings. The van der Waals surface area contributed by atoms with Crippen molar-refractivity contribution in [1.82, 2.24) is 19.9 Å². The Morgan fingerprint density at radius 1 is 1.29 bits per heavy atom. The lowest BCUT2D eigenvalue weighted by Gasteiger charge is -2.34. The first kappa shape index (κ1) is 19.0. The van der Waals surface area contributed by atoms with Gasteiger partial charge >= 0.3 is 0 Å². The summed E-state index contributed by atoms with van der Waals surface area (Å²) in [5, 5.41) is 9.77. The van der Waals surface area contributed by atoms with Crippen molar-refractivity contribution in [1.29, 1.82) is 0 Å². The van der Waals surface area contributed by atoms with E-state index in [0.717, 1.165) is 45.6 Å². The van der Waals surface area contributed by atoms with Gasteiger partial charge in [-0.3, -0.25) is 4.68 Å². The van der Waals surface area contributed by atoms with Crippen molar-refractivity contribution >= 4 is 34.0 Å². The third kappa shape index (κ3) is 3.11. The molecule has 9 heteroatoms. The number of rotatable bonds is 4. The highest BCUT2D eigenvalue weighted by Gasteiger charge is 2.39. The number of thiophene rings is 1. The van der Waals surface area contributed by atoms with Gasteiger partial charge in [-0.05, 0) is 49.9 Å². The molecule has 1 aliphatic carbocycles. The minimum absolute atomic E-state index is 0. The van der Waals surface area contributed by atoms with Gasteiger partial charge in [0, 0.05) is 5.39 Å². The Labute approximate surface area is 171 Å². The third-order valence-corrected chi connectivity index (χ3v) is 6.32. The largest absolute Gasteiger partial charge is 0.333 e. The second-order valence-corrected chi connectivity index (χ2v) is 8.16. The van der Waals surface area contributed by atoms with Gasteiger partial charge in [0.15, 0.2) is 5.82 Å². The monoisotopic (exact) mass is 419 g/mol. The summed E-state index contributed by atoms with van der Waals surface area (Å²) >= 11 is 1.56. The Morgan fingerprint density at radius 2 is 2.04 bits per heavy atom. The first-order chi connectivity index (χ1) is 13.0. The zero-order valence-electron chi connectivity index (χ0n) is 15.2. The van der Waals surface area contributed by atoms with E-state index >= 15 is 0 Å². The molecule has 3 aromatic heterocycles. The van der Waals surface area contributed by atoms with E-state index in [2.05, 4.69) is 15.2 Å². The summed E-state index contributed by atoms with van der Waals surface area (Å²) in [6.45, 7) is 2.55. The molecule has 0 atom stereocenters. The molecule has 4 aromatic rings. The summed E-state index contributed by atoms with van der Waals surface area (Å²) in [5.74, 6) is 0.844. The Balaban J connectivity index is 0.00000192. The number of hydrogen-bond donors (Lipinski definition) is 1. The average molecular weight is 420 g/mol. The molecule has 28 heavy (non-hydrogen) atoms. The summed E-state index contributed by atoms with van der Waals surface area (Å²) < 4.78 is 20.5. The molecule has 2 N–H and O–H groups in total. The van der Waals surface area contributed by atoms with Crippen molar-refractivity contribution in [2.45, 2.75) is 38.3 Å².